The predicted octanol–water partition coefficient (Wildman–Crippen LogP) is 5.60. The number of nitrogens with one attached hydrogen (secondary N) is 1. The van der Waals surface area contributed by atoms with Gasteiger partial charge in [0.1, 0.15) is 48.8 Å². The van der Waals surface area contributed by atoms with Crippen LogP contribution in [0, 0.1) is 0 Å². The summed E-state index contributed by atoms with van der Waals surface area (Å²) in [4.78, 5) is 12.7. The Balaban J connectivity index is 1.63. The monoisotopic (exact) mass is 876 g/mol. The lowest BCUT2D eigenvalue weighted by atomic mass is 9.97. The molecule has 1 amide bonds. The molecule has 61 heavy (non-hydrogen) atoms. The second-order valence-corrected chi connectivity index (χ2v) is 17.6. The molecule has 2 aliphatic rings. The number of rotatable bonds is 37. The van der Waals surface area contributed by atoms with Crippen molar-refractivity contribution < 1.29 is 64.6 Å². The van der Waals surface area contributed by atoms with Crippen molar-refractivity contribution >= 4 is 5.91 Å². The molecule has 0 aromatic carbocycles. The molecule has 0 aromatic rings. The smallest absolute Gasteiger partial charge is 0.220 e. The first-order valence-corrected chi connectivity index (χ1v) is 24.4. The Morgan fingerprint density at radius 1 is 0.574 bits per heavy atom. The molecule has 2 aliphatic heterocycles. The van der Waals surface area contributed by atoms with Gasteiger partial charge in [0.2, 0.25) is 5.91 Å². The molecule has 0 aromatic heterocycles. The maximum Gasteiger partial charge on any atom is 0.220 e. The van der Waals surface area contributed by atoms with Crippen molar-refractivity contribution in [1.82, 2.24) is 5.32 Å². The molecule has 0 spiro atoms. The van der Waals surface area contributed by atoms with Gasteiger partial charge in [0.15, 0.2) is 12.6 Å². The van der Waals surface area contributed by atoms with Crippen molar-refractivity contribution in [3.05, 3.63) is 12.2 Å². The van der Waals surface area contributed by atoms with Crippen LogP contribution < -0.4 is 5.32 Å². The highest BCUT2D eigenvalue weighted by atomic mass is 16.7. The van der Waals surface area contributed by atoms with E-state index in [0.29, 0.717) is 6.42 Å². The van der Waals surface area contributed by atoms with Gasteiger partial charge in [-0.15, -0.1) is 0 Å². The number of hydrogen-bond acceptors (Lipinski definition) is 13. The maximum atomic E-state index is 12.7. The molecular weight excluding hydrogens is 787 g/mol. The maximum absolute atomic E-state index is 12.7. The number of aliphatic hydroxyl groups excluding tert-OH is 8. The van der Waals surface area contributed by atoms with Gasteiger partial charge >= 0.3 is 0 Å². The molecule has 0 radical (unpaired) electrons. The molecule has 0 aliphatic carbocycles. The molecule has 12 atom stereocenters. The number of unbranched alkanes of at least 4 members (excludes halogenated alkanes) is 24. The van der Waals surface area contributed by atoms with Gasteiger partial charge in [0.05, 0.1) is 32.0 Å². The summed E-state index contributed by atoms with van der Waals surface area (Å²) in [6, 6.07) is -0.904. The summed E-state index contributed by atoms with van der Waals surface area (Å²) in [7, 11) is 0. The number of carbonyl (C=O) groups excluding carboxylic acids is 1. The Kier molecular flexibility index (Phi) is 32.1. The lowest BCUT2D eigenvalue weighted by molar-refractivity contribution is -0.359. The molecule has 14 heteroatoms. The largest absolute Gasteiger partial charge is 0.394 e. The van der Waals surface area contributed by atoms with E-state index in [2.05, 4.69) is 12.2 Å². The number of amides is 1. The van der Waals surface area contributed by atoms with Gasteiger partial charge in [-0.2, -0.15) is 0 Å². The Hall–Kier alpha value is -1.27. The van der Waals surface area contributed by atoms with E-state index in [1.165, 1.54) is 135 Å². The highest BCUT2D eigenvalue weighted by Crippen LogP contribution is 2.30. The molecule has 2 saturated heterocycles. The number of ether oxygens (including phenoxy) is 4. The van der Waals surface area contributed by atoms with Crippen LogP contribution in [-0.4, -0.2) is 140 Å². The second-order valence-electron chi connectivity index (χ2n) is 17.6. The van der Waals surface area contributed by atoms with Gasteiger partial charge < -0.3 is 65.1 Å². The normalized spacial score (nSPS) is 28.0. The van der Waals surface area contributed by atoms with Gasteiger partial charge in [-0.05, 0) is 19.3 Å². The molecule has 2 heterocycles. The lowest BCUT2D eigenvalue weighted by Crippen LogP contribution is -2.65. The first-order valence-electron chi connectivity index (χ1n) is 24.4. The topological polar surface area (TPSA) is 228 Å². The van der Waals surface area contributed by atoms with Gasteiger partial charge in [-0.3, -0.25) is 4.79 Å². The van der Waals surface area contributed by atoms with E-state index in [4.69, 9.17) is 18.9 Å². The van der Waals surface area contributed by atoms with Crippen LogP contribution in [0.1, 0.15) is 187 Å². The number of allylic oxidation sites excluding steroid dienone is 1. The van der Waals surface area contributed by atoms with E-state index >= 15 is 0 Å². The van der Waals surface area contributed by atoms with Gasteiger partial charge in [0, 0.05) is 6.42 Å². The molecule has 360 valence electrons. The van der Waals surface area contributed by atoms with Crippen LogP contribution >= 0.6 is 0 Å². The van der Waals surface area contributed by atoms with Crippen LogP contribution in [0.25, 0.3) is 0 Å². The van der Waals surface area contributed by atoms with Crippen molar-refractivity contribution in [1.29, 1.82) is 0 Å². The summed E-state index contributed by atoms with van der Waals surface area (Å²) in [5.74, 6) is -0.274. The highest BCUT2D eigenvalue weighted by molar-refractivity contribution is 5.76. The van der Waals surface area contributed by atoms with E-state index in [1.807, 2.05) is 13.0 Å². The second kappa shape index (κ2) is 35.0. The molecule has 0 saturated carbocycles. The number of aliphatic hydroxyl groups is 8. The van der Waals surface area contributed by atoms with Crippen molar-refractivity contribution in [2.75, 3.05) is 19.8 Å². The zero-order chi connectivity index (χ0) is 44.7. The minimum absolute atomic E-state index is 0.258. The van der Waals surface area contributed by atoms with E-state index in [0.717, 1.165) is 25.7 Å². The summed E-state index contributed by atoms with van der Waals surface area (Å²) in [5.41, 5.74) is 0. The Morgan fingerprint density at radius 2 is 1.02 bits per heavy atom. The third kappa shape index (κ3) is 23.0. The van der Waals surface area contributed by atoms with Crippen LogP contribution in [-0.2, 0) is 23.7 Å². The first-order chi connectivity index (χ1) is 29.6. The summed E-state index contributed by atoms with van der Waals surface area (Å²) in [6.45, 7) is 2.53. The molecule has 0 bridgehead atoms. The Morgan fingerprint density at radius 3 is 1.49 bits per heavy atom. The highest BCUT2D eigenvalue weighted by Gasteiger charge is 2.51. The molecule has 9 N–H and O–H groups in total. The van der Waals surface area contributed by atoms with Crippen LogP contribution in [0.3, 0.4) is 0 Å². The fraction of sp³-hybridized carbons (Fsp3) is 0.936. The van der Waals surface area contributed by atoms with Gasteiger partial charge in [-0.25, -0.2) is 0 Å². The molecule has 2 fully saturated rings. The van der Waals surface area contributed by atoms with Crippen molar-refractivity contribution in [2.24, 2.45) is 0 Å². The number of hydrogen-bond donors (Lipinski definition) is 9. The quantitative estimate of drug-likeness (QED) is 0.0274. The van der Waals surface area contributed by atoms with Crippen LogP contribution in [0.5, 0.6) is 0 Å². The summed E-state index contributed by atoms with van der Waals surface area (Å²) in [5, 5.41) is 85.8. The summed E-state index contributed by atoms with van der Waals surface area (Å²) >= 11 is 0. The Labute approximate surface area is 367 Å². The summed E-state index contributed by atoms with van der Waals surface area (Å²) in [6.07, 6.45) is 19.9. The fourth-order valence-electron chi connectivity index (χ4n) is 8.15. The van der Waals surface area contributed by atoms with Crippen LogP contribution in [0.15, 0.2) is 12.2 Å². The molecule has 12 unspecified atom stereocenters. The van der Waals surface area contributed by atoms with Gasteiger partial charge in [-0.1, -0.05) is 174 Å². The minimum Gasteiger partial charge on any atom is -0.394 e. The van der Waals surface area contributed by atoms with Crippen molar-refractivity contribution in [3.8, 4) is 0 Å². The van der Waals surface area contributed by atoms with Crippen molar-refractivity contribution in [2.45, 2.75) is 261 Å². The first kappa shape index (κ1) is 55.9. The zero-order valence-corrected chi connectivity index (χ0v) is 37.9. The van der Waals surface area contributed by atoms with E-state index in [1.54, 1.807) is 6.08 Å². The third-order valence-electron chi connectivity index (χ3n) is 12.2. The van der Waals surface area contributed by atoms with E-state index in [-0.39, 0.29) is 18.9 Å². The summed E-state index contributed by atoms with van der Waals surface area (Å²) < 4.78 is 22.4. The third-order valence-corrected chi connectivity index (χ3v) is 12.2. The average Bonchev–Trinajstić information content (AvgIpc) is 3.26. The standard InChI is InChI=1S/C47H89NO13/c1-3-5-7-8-9-10-11-12-13-14-15-16-17-18-19-20-21-22-23-24-25-26-27-28-29-30-36(51)35(48-39(52)31-6-4-2)34-58-46-44(57)42(55)45(38(33-50)60-46)61-47-43(56)41(54)40(53)37(32-49)59-47/h29-30,35-38,40-47,49-51,53-57H,3-28,31-34H2,1-2H3,(H,48,52)/b30-29+. The van der Waals surface area contributed by atoms with E-state index < -0.39 is 86.8 Å². The van der Waals surface area contributed by atoms with Crippen LogP contribution in [0.4, 0.5) is 0 Å². The SMILES string of the molecule is CCCCCCCCCCCCCCCCCCCCCCCCC/C=C/C(O)C(COC1OC(CO)C(OC2OC(CO)C(O)C(O)C2O)C(O)C1O)NC(=O)CCCC. The minimum atomic E-state index is -1.78. The molecule has 14 nitrogen and oxygen atoms in total. The fourth-order valence-corrected chi connectivity index (χ4v) is 8.15. The van der Waals surface area contributed by atoms with Crippen molar-refractivity contribution in [3.63, 3.8) is 0 Å². The molecule has 2 rings (SSSR count). The molecular formula is C47H89NO13. The predicted molar refractivity (Wildman–Crippen MR) is 235 cm³/mol. The number of carbonyl (C=O) groups is 1. The van der Waals surface area contributed by atoms with Crippen LogP contribution in [0.2, 0.25) is 0 Å². The van der Waals surface area contributed by atoms with E-state index in [9.17, 15) is 45.6 Å². The average molecular weight is 876 g/mol. The zero-order valence-electron chi connectivity index (χ0n) is 37.9. The lowest BCUT2D eigenvalue weighted by Gasteiger charge is -2.46. The Bertz CT molecular complexity index is 1080. The van der Waals surface area contributed by atoms with Gasteiger partial charge in [0.25, 0.3) is 0 Å².